The molecular formula is C25H31ClN2O3. The van der Waals surface area contributed by atoms with Gasteiger partial charge in [-0.05, 0) is 73.1 Å². The summed E-state index contributed by atoms with van der Waals surface area (Å²) in [6.07, 6.45) is 3.35. The summed E-state index contributed by atoms with van der Waals surface area (Å²) in [5.41, 5.74) is 3.53. The first-order valence-electron chi connectivity index (χ1n) is 10.9. The van der Waals surface area contributed by atoms with Gasteiger partial charge in [0.2, 0.25) is 0 Å². The van der Waals surface area contributed by atoms with E-state index in [0.717, 1.165) is 42.6 Å². The smallest absolute Gasteiger partial charge is 0.258 e. The van der Waals surface area contributed by atoms with Crippen LogP contribution in [0.2, 0.25) is 5.02 Å². The van der Waals surface area contributed by atoms with Crippen molar-refractivity contribution in [1.29, 1.82) is 0 Å². The molecule has 0 atom stereocenters. The van der Waals surface area contributed by atoms with Crippen LogP contribution in [0.15, 0.2) is 36.4 Å². The highest BCUT2D eigenvalue weighted by atomic mass is 35.5. The quantitative estimate of drug-likeness (QED) is 0.649. The predicted molar refractivity (Wildman–Crippen MR) is 124 cm³/mol. The number of nitrogens with one attached hydrogen (secondary N) is 1. The normalized spacial score (nSPS) is 13.9. The van der Waals surface area contributed by atoms with Gasteiger partial charge in [0.25, 0.3) is 11.8 Å². The molecule has 166 valence electrons. The molecule has 2 aromatic carbocycles. The first kappa shape index (κ1) is 23.1. The van der Waals surface area contributed by atoms with E-state index in [9.17, 15) is 9.59 Å². The number of ether oxygens (including phenoxy) is 1. The van der Waals surface area contributed by atoms with E-state index in [1.165, 1.54) is 6.42 Å². The highest BCUT2D eigenvalue weighted by Crippen LogP contribution is 2.32. The maximum atomic E-state index is 12.5. The minimum atomic E-state index is -0.198. The standard InChI is InChI=1S/C25H31ClN2O3/c1-17(2)21-14-22(26)18(3)13-23(21)31-16-24(29)27-15-19-7-9-20(10-8-19)25(30)28-11-5-4-6-12-28/h7-10,13-14,17H,4-6,11-12,15-16H2,1-3H3,(H,27,29). The Morgan fingerprint density at radius 1 is 1.10 bits per heavy atom. The second kappa shape index (κ2) is 10.7. The molecule has 1 aliphatic rings. The molecule has 1 heterocycles. The van der Waals surface area contributed by atoms with Gasteiger partial charge in [0.15, 0.2) is 6.61 Å². The molecule has 5 nitrogen and oxygen atoms in total. The number of hydrogen-bond acceptors (Lipinski definition) is 3. The maximum Gasteiger partial charge on any atom is 0.258 e. The van der Waals surface area contributed by atoms with Gasteiger partial charge in [0, 0.05) is 30.2 Å². The highest BCUT2D eigenvalue weighted by molar-refractivity contribution is 6.31. The van der Waals surface area contributed by atoms with Crippen molar-refractivity contribution in [1.82, 2.24) is 10.2 Å². The van der Waals surface area contributed by atoms with Gasteiger partial charge in [0.1, 0.15) is 5.75 Å². The molecule has 2 amide bonds. The lowest BCUT2D eigenvalue weighted by molar-refractivity contribution is -0.123. The summed E-state index contributed by atoms with van der Waals surface area (Å²) in [7, 11) is 0. The van der Waals surface area contributed by atoms with E-state index >= 15 is 0 Å². The average Bonchev–Trinajstić information content (AvgIpc) is 2.78. The monoisotopic (exact) mass is 442 g/mol. The Hall–Kier alpha value is -2.53. The number of hydrogen-bond donors (Lipinski definition) is 1. The zero-order chi connectivity index (χ0) is 22.4. The maximum absolute atomic E-state index is 12.5. The van der Waals surface area contributed by atoms with Crippen molar-refractivity contribution in [2.24, 2.45) is 0 Å². The Labute approximate surface area is 189 Å². The fraction of sp³-hybridized carbons (Fsp3) is 0.440. The Morgan fingerprint density at radius 3 is 2.42 bits per heavy atom. The number of halogens is 1. The summed E-state index contributed by atoms with van der Waals surface area (Å²) in [4.78, 5) is 26.7. The molecule has 1 aliphatic heterocycles. The van der Waals surface area contributed by atoms with Crippen LogP contribution in [0, 0.1) is 6.92 Å². The number of benzene rings is 2. The SMILES string of the molecule is Cc1cc(OCC(=O)NCc2ccc(C(=O)N3CCCCC3)cc2)c(C(C)C)cc1Cl. The second-order valence-corrected chi connectivity index (χ2v) is 8.82. The number of likely N-dealkylation sites (tertiary alicyclic amines) is 1. The number of carbonyl (C=O) groups is 2. The Balaban J connectivity index is 1.51. The molecule has 0 aromatic heterocycles. The summed E-state index contributed by atoms with van der Waals surface area (Å²) < 4.78 is 5.78. The van der Waals surface area contributed by atoms with Gasteiger partial charge in [-0.25, -0.2) is 0 Å². The van der Waals surface area contributed by atoms with Gasteiger partial charge in [-0.1, -0.05) is 37.6 Å². The zero-order valence-corrected chi connectivity index (χ0v) is 19.3. The van der Waals surface area contributed by atoms with Gasteiger partial charge < -0.3 is 15.0 Å². The number of aryl methyl sites for hydroxylation is 1. The van der Waals surface area contributed by atoms with Gasteiger partial charge in [-0.3, -0.25) is 9.59 Å². The van der Waals surface area contributed by atoms with Crippen molar-refractivity contribution < 1.29 is 14.3 Å². The van der Waals surface area contributed by atoms with Gasteiger partial charge >= 0.3 is 0 Å². The van der Waals surface area contributed by atoms with E-state index < -0.39 is 0 Å². The van der Waals surface area contributed by atoms with Gasteiger partial charge in [0.05, 0.1) is 0 Å². The van der Waals surface area contributed by atoms with Crippen molar-refractivity contribution in [2.75, 3.05) is 19.7 Å². The summed E-state index contributed by atoms with van der Waals surface area (Å²) in [5, 5.41) is 3.57. The Bertz CT molecular complexity index is 919. The fourth-order valence-electron chi connectivity index (χ4n) is 3.69. The van der Waals surface area contributed by atoms with Crippen LogP contribution >= 0.6 is 11.6 Å². The van der Waals surface area contributed by atoms with Crippen LogP contribution in [-0.2, 0) is 11.3 Å². The summed E-state index contributed by atoms with van der Waals surface area (Å²) >= 11 is 6.23. The third-order valence-corrected chi connectivity index (χ3v) is 6.01. The van der Waals surface area contributed by atoms with E-state index in [0.29, 0.717) is 22.9 Å². The summed E-state index contributed by atoms with van der Waals surface area (Å²) in [5.74, 6) is 0.814. The van der Waals surface area contributed by atoms with E-state index in [2.05, 4.69) is 19.2 Å². The van der Waals surface area contributed by atoms with Crippen molar-refractivity contribution in [3.05, 3.63) is 63.7 Å². The number of carbonyl (C=O) groups excluding carboxylic acids is 2. The molecule has 0 saturated carbocycles. The van der Waals surface area contributed by atoms with Crippen LogP contribution in [0.25, 0.3) is 0 Å². The molecule has 0 spiro atoms. The topological polar surface area (TPSA) is 58.6 Å². The van der Waals surface area contributed by atoms with E-state index in [1.807, 2.05) is 48.2 Å². The molecule has 1 saturated heterocycles. The van der Waals surface area contributed by atoms with Crippen LogP contribution in [-0.4, -0.2) is 36.4 Å². The molecular weight excluding hydrogens is 412 g/mol. The summed E-state index contributed by atoms with van der Waals surface area (Å²) in [6.45, 7) is 8.04. The second-order valence-electron chi connectivity index (χ2n) is 8.41. The molecule has 2 aromatic rings. The molecule has 0 bridgehead atoms. The predicted octanol–water partition coefficient (Wildman–Crippen LogP) is 5.09. The first-order chi connectivity index (χ1) is 14.8. The van der Waals surface area contributed by atoms with E-state index in [4.69, 9.17) is 16.3 Å². The lowest BCUT2D eigenvalue weighted by Crippen LogP contribution is -2.35. The number of nitrogens with zero attached hydrogens (tertiary/aromatic N) is 1. The minimum Gasteiger partial charge on any atom is -0.483 e. The van der Waals surface area contributed by atoms with Crippen LogP contribution in [0.1, 0.15) is 66.1 Å². The van der Waals surface area contributed by atoms with Crippen LogP contribution in [0.3, 0.4) is 0 Å². The van der Waals surface area contributed by atoms with E-state index in [-0.39, 0.29) is 24.3 Å². The summed E-state index contributed by atoms with van der Waals surface area (Å²) in [6, 6.07) is 11.2. The number of rotatable bonds is 7. The molecule has 1 fully saturated rings. The lowest BCUT2D eigenvalue weighted by Gasteiger charge is -2.26. The Morgan fingerprint density at radius 2 is 1.77 bits per heavy atom. The molecule has 1 N–H and O–H groups in total. The largest absolute Gasteiger partial charge is 0.483 e. The molecule has 31 heavy (non-hydrogen) atoms. The van der Waals surface area contributed by atoms with Crippen LogP contribution < -0.4 is 10.1 Å². The highest BCUT2D eigenvalue weighted by Gasteiger charge is 2.18. The number of piperidine rings is 1. The van der Waals surface area contributed by atoms with Crippen molar-refractivity contribution in [2.45, 2.75) is 52.5 Å². The van der Waals surface area contributed by atoms with Gasteiger partial charge in [-0.2, -0.15) is 0 Å². The first-order valence-corrected chi connectivity index (χ1v) is 11.3. The third-order valence-electron chi connectivity index (χ3n) is 5.61. The van der Waals surface area contributed by atoms with Crippen molar-refractivity contribution >= 4 is 23.4 Å². The van der Waals surface area contributed by atoms with Crippen LogP contribution in [0.5, 0.6) is 5.75 Å². The molecule has 0 radical (unpaired) electrons. The number of amides is 2. The minimum absolute atomic E-state index is 0.0632. The molecule has 0 unspecified atom stereocenters. The zero-order valence-electron chi connectivity index (χ0n) is 18.5. The third kappa shape index (κ3) is 6.23. The molecule has 0 aliphatic carbocycles. The molecule has 6 heteroatoms. The molecule has 3 rings (SSSR count). The van der Waals surface area contributed by atoms with E-state index in [1.54, 1.807) is 0 Å². The average molecular weight is 443 g/mol. The lowest BCUT2D eigenvalue weighted by atomic mass is 10.0. The van der Waals surface area contributed by atoms with Crippen molar-refractivity contribution in [3.8, 4) is 5.75 Å². The van der Waals surface area contributed by atoms with Crippen molar-refractivity contribution in [3.63, 3.8) is 0 Å². The van der Waals surface area contributed by atoms with Gasteiger partial charge in [-0.15, -0.1) is 0 Å². The Kier molecular flexibility index (Phi) is 7.97. The van der Waals surface area contributed by atoms with Crippen LogP contribution in [0.4, 0.5) is 0 Å². The fourth-order valence-corrected chi connectivity index (χ4v) is 3.86.